The third-order valence-electron chi connectivity index (χ3n) is 2.36. The maximum absolute atomic E-state index is 11.2. The van der Waals surface area contributed by atoms with E-state index in [4.69, 9.17) is 15.1 Å². The molecule has 0 aliphatic carbocycles. The van der Waals surface area contributed by atoms with Crippen LogP contribution in [0, 0.1) is 0 Å². The normalized spacial score (nSPS) is 10.2. The third kappa shape index (κ3) is 3.49. The minimum absolute atomic E-state index is 0.124. The van der Waals surface area contributed by atoms with E-state index < -0.39 is 5.91 Å². The summed E-state index contributed by atoms with van der Waals surface area (Å²) in [4.78, 5) is 12.3. The molecule has 1 amide bonds. The van der Waals surface area contributed by atoms with Crippen LogP contribution < -0.4 is 16.0 Å². The third-order valence-corrected chi connectivity index (χ3v) is 3.11. The summed E-state index contributed by atoms with van der Waals surface area (Å²) in [6.45, 7) is 0.198. The molecule has 0 fully saturated rings. The van der Waals surface area contributed by atoms with Crippen molar-refractivity contribution in [2.75, 3.05) is 6.26 Å². The van der Waals surface area contributed by atoms with Gasteiger partial charge in [-0.2, -0.15) is 0 Å². The van der Waals surface area contributed by atoms with Gasteiger partial charge in [0.2, 0.25) is 0 Å². The smallest absolute Gasteiger partial charge is 0.287 e. The molecule has 0 spiro atoms. The van der Waals surface area contributed by atoms with Crippen molar-refractivity contribution in [1.82, 2.24) is 10.6 Å². The number of ether oxygens (including phenoxy) is 1. The van der Waals surface area contributed by atoms with E-state index in [-0.39, 0.29) is 12.3 Å². The number of carbonyl (C=O) groups is 1. The highest BCUT2D eigenvalue weighted by Crippen LogP contribution is 2.19. The molecule has 0 unspecified atom stereocenters. The van der Waals surface area contributed by atoms with Crippen LogP contribution in [-0.2, 0) is 6.61 Å². The van der Waals surface area contributed by atoms with Gasteiger partial charge in [0.25, 0.3) is 5.91 Å². The topological polar surface area (TPSA) is 90.4 Å². The van der Waals surface area contributed by atoms with Crippen molar-refractivity contribution in [3.05, 3.63) is 41.8 Å². The standard InChI is InChI=1S/C12H13N3O3S/c1-19-10-4-2-8(3-5-10)17-7-9-6-11(15-18-9)12(16)14-13/h2-6H,7,13H2,1H3,(H,14,16). The number of benzene rings is 1. The van der Waals surface area contributed by atoms with E-state index in [0.29, 0.717) is 5.76 Å². The summed E-state index contributed by atoms with van der Waals surface area (Å²) in [7, 11) is 0. The summed E-state index contributed by atoms with van der Waals surface area (Å²) in [5.41, 5.74) is 2.10. The second-order valence-electron chi connectivity index (χ2n) is 3.62. The van der Waals surface area contributed by atoms with Gasteiger partial charge in [0.1, 0.15) is 12.4 Å². The van der Waals surface area contributed by atoms with Crippen LogP contribution in [0.25, 0.3) is 0 Å². The van der Waals surface area contributed by atoms with Crippen LogP contribution in [0.3, 0.4) is 0 Å². The Morgan fingerprint density at radius 1 is 1.47 bits per heavy atom. The summed E-state index contributed by atoms with van der Waals surface area (Å²) < 4.78 is 10.5. The molecule has 1 aromatic heterocycles. The lowest BCUT2D eigenvalue weighted by molar-refractivity contribution is 0.0944. The molecule has 1 heterocycles. The Bertz CT molecular complexity index is 554. The molecule has 1 aromatic carbocycles. The maximum Gasteiger partial charge on any atom is 0.287 e. The Hall–Kier alpha value is -1.99. The second-order valence-corrected chi connectivity index (χ2v) is 4.50. The van der Waals surface area contributed by atoms with Crippen LogP contribution in [0.5, 0.6) is 5.75 Å². The monoisotopic (exact) mass is 279 g/mol. The van der Waals surface area contributed by atoms with Gasteiger partial charge in [-0.3, -0.25) is 10.2 Å². The number of hydrogen-bond donors (Lipinski definition) is 2. The minimum atomic E-state index is -0.501. The van der Waals surface area contributed by atoms with Gasteiger partial charge in [-0.05, 0) is 30.5 Å². The Morgan fingerprint density at radius 3 is 2.84 bits per heavy atom. The van der Waals surface area contributed by atoms with Crippen LogP contribution in [0.15, 0.2) is 39.8 Å². The predicted molar refractivity (Wildman–Crippen MR) is 70.7 cm³/mol. The molecule has 0 bridgehead atoms. The summed E-state index contributed by atoms with van der Waals surface area (Å²) in [6.07, 6.45) is 2.01. The number of carbonyl (C=O) groups excluding carboxylic acids is 1. The van der Waals surface area contributed by atoms with Crippen molar-refractivity contribution in [2.24, 2.45) is 5.84 Å². The van der Waals surface area contributed by atoms with E-state index in [2.05, 4.69) is 5.16 Å². The quantitative estimate of drug-likeness (QED) is 0.374. The van der Waals surface area contributed by atoms with Gasteiger partial charge >= 0.3 is 0 Å². The highest BCUT2D eigenvalue weighted by atomic mass is 32.2. The van der Waals surface area contributed by atoms with Crippen molar-refractivity contribution in [2.45, 2.75) is 11.5 Å². The maximum atomic E-state index is 11.2. The van der Waals surface area contributed by atoms with Crippen LogP contribution in [-0.4, -0.2) is 17.3 Å². The first-order valence-corrected chi connectivity index (χ1v) is 6.69. The number of nitrogens with one attached hydrogen (secondary N) is 1. The van der Waals surface area contributed by atoms with E-state index in [1.165, 1.54) is 6.07 Å². The first kappa shape index (κ1) is 13.4. The first-order valence-electron chi connectivity index (χ1n) is 5.46. The molecule has 0 aliphatic rings. The van der Waals surface area contributed by atoms with Gasteiger partial charge < -0.3 is 9.26 Å². The van der Waals surface area contributed by atoms with Crippen molar-refractivity contribution in [3.8, 4) is 5.75 Å². The molecule has 0 saturated heterocycles. The van der Waals surface area contributed by atoms with Crippen molar-refractivity contribution < 1.29 is 14.1 Å². The number of thioether (sulfide) groups is 1. The number of nitrogens with zero attached hydrogens (tertiary/aromatic N) is 1. The van der Waals surface area contributed by atoms with E-state index in [1.54, 1.807) is 11.8 Å². The van der Waals surface area contributed by atoms with Crippen LogP contribution >= 0.6 is 11.8 Å². The number of nitrogens with two attached hydrogens (primary N) is 1. The number of rotatable bonds is 5. The number of amides is 1. The molecule has 19 heavy (non-hydrogen) atoms. The number of hydrogen-bond acceptors (Lipinski definition) is 6. The number of aromatic nitrogens is 1. The molecule has 2 aromatic rings. The zero-order valence-electron chi connectivity index (χ0n) is 10.3. The molecule has 0 radical (unpaired) electrons. The Labute approximate surface area is 114 Å². The molecular formula is C12H13N3O3S. The molecule has 100 valence electrons. The Morgan fingerprint density at radius 2 is 2.21 bits per heavy atom. The zero-order chi connectivity index (χ0) is 13.7. The van der Waals surface area contributed by atoms with Gasteiger partial charge in [-0.1, -0.05) is 5.16 Å². The molecule has 7 heteroatoms. The average molecular weight is 279 g/mol. The largest absolute Gasteiger partial charge is 0.486 e. The number of hydrazine groups is 1. The van der Waals surface area contributed by atoms with Crippen LogP contribution in [0.1, 0.15) is 16.2 Å². The minimum Gasteiger partial charge on any atom is -0.486 e. The van der Waals surface area contributed by atoms with Crippen molar-refractivity contribution >= 4 is 17.7 Å². The Balaban J connectivity index is 1.94. The van der Waals surface area contributed by atoms with Crippen LogP contribution in [0.2, 0.25) is 0 Å². The molecule has 2 rings (SSSR count). The lowest BCUT2D eigenvalue weighted by atomic mass is 10.3. The van der Waals surface area contributed by atoms with E-state index >= 15 is 0 Å². The van der Waals surface area contributed by atoms with Gasteiger partial charge in [-0.25, -0.2) is 5.84 Å². The molecule has 0 atom stereocenters. The Kier molecular flexibility index (Phi) is 4.43. The highest BCUT2D eigenvalue weighted by molar-refractivity contribution is 7.98. The lowest BCUT2D eigenvalue weighted by Gasteiger charge is -2.03. The summed E-state index contributed by atoms with van der Waals surface area (Å²) in [5, 5.41) is 3.58. The fraction of sp³-hybridized carbons (Fsp3) is 0.167. The fourth-order valence-corrected chi connectivity index (χ4v) is 1.80. The lowest BCUT2D eigenvalue weighted by Crippen LogP contribution is -2.30. The van der Waals surface area contributed by atoms with Crippen molar-refractivity contribution in [3.63, 3.8) is 0 Å². The van der Waals surface area contributed by atoms with E-state index in [9.17, 15) is 4.79 Å². The first-order chi connectivity index (χ1) is 9.22. The molecule has 3 N–H and O–H groups in total. The summed E-state index contributed by atoms with van der Waals surface area (Å²) in [5.74, 6) is 5.66. The van der Waals surface area contributed by atoms with E-state index in [0.717, 1.165) is 10.6 Å². The van der Waals surface area contributed by atoms with Crippen molar-refractivity contribution in [1.29, 1.82) is 0 Å². The molecule has 0 aliphatic heterocycles. The summed E-state index contributed by atoms with van der Waals surface area (Å²) in [6, 6.07) is 9.16. The number of nitrogen functional groups attached to an aromatic ring is 1. The van der Waals surface area contributed by atoms with Gasteiger partial charge in [0, 0.05) is 11.0 Å². The fourth-order valence-electron chi connectivity index (χ4n) is 1.39. The highest BCUT2D eigenvalue weighted by Gasteiger charge is 2.11. The molecule has 0 saturated carbocycles. The zero-order valence-corrected chi connectivity index (χ0v) is 11.1. The summed E-state index contributed by atoms with van der Waals surface area (Å²) >= 11 is 1.66. The molecular weight excluding hydrogens is 266 g/mol. The van der Waals surface area contributed by atoms with Gasteiger partial charge in [0.05, 0.1) is 0 Å². The molecule has 6 nitrogen and oxygen atoms in total. The second kappa shape index (κ2) is 6.26. The van der Waals surface area contributed by atoms with E-state index in [1.807, 2.05) is 35.9 Å². The van der Waals surface area contributed by atoms with Gasteiger partial charge in [0.15, 0.2) is 11.5 Å². The van der Waals surface area contributed by atoms with Gasteiger partial charge in [-0.15, -0.1) is 11.8 Å². The average Bonchev–Trinajstić information content (AvgIpc) is 2.93. The van der Waals surface area contributed by atoms with Crippen LogP contribution in [0.4, 0.5) is 0 Å². The predicted octanol–water partition coefficient (Wildman–Crippen LogP) is 1.58. The SMILES string of the molecule is CSc1ccc(OCc2cc(C(=O)NN)no2)cc1.